The summed E-state index contributed by atoms with van der Waals surface area (Å²) in [4.78, 5) is 30.7. The Morgan fingerprint density at radius 2 is 2.24 bits per heavy atom. The zero-order chi connectivity index (χ0) is 21.0. The minimum Gasteiger partial charge on any atom is -0.490 e. The molecule has 1 aromatic heterocycles. The second-order valence-electron chi connectivity index (χ2n) is 7.24. The highest BCUT2D eigenvalue weighted by Crippen LogP contribution is 2.24. The Kier molecular flexibility index (Phi) is 6.23. The first kappa shape index (κ1) is 20.9. The molecule has 1 aliphatic heterocycles. The average molecular weight is 416 g/mol. The first-order chi connectivity index (χ1) is 13.8. The fraction of sp³-hybridized carbons (Fsp3) is 0.400. The average Bonchev–Trinajstić information content (AvgIpc) is 3.18. The normalized spacial score (nSPS) is 16.5. The maximum atomic E-state index is 13.7. The van der Waals surface area contributed by atoms with Gasteiger partial charge in [-0.2, -0.15) is 5.26 Å². The topological polar surface area (TPSA) is 95.3 Å². The van der Waals surface area contributed by atoms with Gasteiger partial charge in [0.15, 0.2) is 0 Å². The molecule has 0 bridgehead atoms. The molecular weight excluding hydrogens is 395 g/mol. The molecule has 1 N–H and O–H groups in total. The molecule has 1 atom stereocenters. The van der Waals surface area contributed by atoms with E-state index < -0.39 is 17.6 Å². The lowest BCUT2D eigenvalue weighted by Crippen LogP contribution is -2.42. The third kappa shape index (κ3) is 5.15. The lowest BCUT2D eigenvalue weighted by molar-refractivity contribution is -0.129. The van der Waals surface area contributed by atoms with Crippen molar-refractivity contribution in [1.82, 2.24) is 15.2 Å². The van der Waals surface area contributed by atoms with E-state index in [1.54, 1.807) is 24.3 Å². The van der Waals surface area contributed by atoms with Crippen LogP contribution < -0.4 is 10.1 Å². The molecule has 29 heavy (non-hydrogen) atoms. The number of benzene rings is 1. The lowest BCUT2D eigenvalue weighted by atomic mass is 10.1. The van der Waals surface area contributed by atoms with Crippen molar-refractivity contribution in [3.63, 3.8) is 0 Å². The summed E-state index contributed by atoms with van der Waals surface area (Å²) < 4.78 is 19.2. The van der Waals surface area contributed by atoms with Crippen LogP contribution in [0.2, 0.25) is 0 Å². The number of hydrogen-bond donors (Lipinski definition) is 1. The highest BCUT2D eigenvalue weighted by Gasteiger charge is 2.29. The van der Waals surface area contributed by atoms with Gasteiger partial charge in [0.25, 0.3) is 5.91 Å². The van der Waals surface area contributed by atoms with Crippen LogP contribution in [0.25, 0.3) is 10.9 Å². The summed E-state index contributed by atoms with van der Waals surface area (Å²) in [5.41, 5.74) is -0.573. The van der Waals surface area contributed by atoms with Crippen LogP contribution in [-0.2, 0) is 4.79 Å². The van der Waals surface area contributed by atoms with Gasteiger partial charge in [-0.25, -0.2) is 4.39 Å². The second kappa shape index (κ2) is 8.66. The highest BCUT2D eigenvalue weighted by atomic mass is 32.2. The molecule has 3 rings (SSSR count). The lowest BCUT2D eigenvalue weighted by Gasteiger charge is -2.19. The predicted octanol–water partition coefficient (Wildman–Crippen LogP) is 2.52. The molecular formula is C20H21FN4O3S. The number of aromatic nitrogens is 1. The van der Waals surface area contributed by atoms with E-state index in [2.05, 4.69) is 16.4 Å². The van der Waals surface area contributed by atoms with Gasteiger partial charge in [-0.15, -0.1) is 11.8 Å². The zero-order valence-electron chi connectivity index (χ0n) is 16.1. The number of fused-ring (bicyclic) bond motifs is 1. The monoisotopic (exact) mass is 416 g/mol. The third-order valence-electron chi connectivity index (χ3n) is 4.29. The molecule has 2 heterocycles. The number of carbonyl (C=O) groups is 2. The number of carbonyl (C=O) groups excluding carboxylic acids is 2. The fourth-order valence-electron chi connectivity index (χ4n) is 2.82. The van der Waals surface area contributed by atoms with E-state index in [4.69, 9.17) is 10.00 Å². The summed E-state index contributed by atoms with van der Waals surface area (Å²) in [5, 5.41) is 12.2. The van der Waals surface area contributed by atoms with Crippen LogP contribution in [0.3, 0.4) is 0 Å². The van der Waals surface area contributed by atoms with Gasteiger partial charge >= 0.3 is 0 Å². The summed E-state index contributed by atoms with van der Waals surface area (Å²) in [6.45, 7) is 2.51. The van der Waals surface area contributed by atoms with Gasteiger partial charge in [-0.1, -0.05) is 0 Å². The van der Waals surface area contributed by atoms with Crippen LogP contribution >= 0.6 is 11.8 Å². The van der Waals surface area contributed by atoms with E-state index >= 15 is 0 Å². The van der Waals surface area contributed by atoms with Crippen molar-refractivity contribution in [1.29, 1.82) is 5.26 Å². The predicted molar refractivity (Wildman–Crippen MR) is 108 cm³/mol. The first-order valence-corrected chi connectivity index (χ1v) is 10.2. The Morgan fingerprint density at radius 3 is 2.97 bits per heavy atom. The molecule has 0 saturated carbocycles. The van der Waals surface area contributed by atoms with Gasteiger partial charge in [-0.05, 0) is 38.1 Å². The van der Waals surface area contributed by atoms with Crippen LogP contribution in [-0.4, -0.2) is 58.2 Å². The Labute approximate surface area is 172 Å². The minimum atomic E-state index is -1.49. The zero-order valence-corrected chi connectivity index (χ0v) is 17.0. The molecule has 0 radical (unpaired) electrons. The van der Waals surface area contributed by atoms with E-state index in [-0.39, 0.29) is 19.1 Å². The summed E-state index contributed by atoms with van der Waals surface area (Å²) in [6.07, 6.45) is 1.51. The minimum absolute atomic E-state index is 0.122. The maximum absolute atomic E-state index is 13.7. The van der Waals surface area contributed by atoms with E-state index in [0.717, 1.165) is 0 Å². The number of alkyl halides is 1. The van der Waals surface area contributed by atoms with Crippen LogP contribution in [0.5, 0.6) is 5.75 Å². The van der Waals surface area contributed by atoms with Crippen LogP contribution in [0, 0.1) is 11.3 Å². The summed E-state index contributed by atoms with van der Waals surface area (Å²) in [6, 6.07) is 8.16. The Balaban J connectivity index is 1.73. The van der Waals surface area contributed by atoms with E-state index in [0.29, 0.717) is 33.8 Å². The van der Waals surface area contributed by atoms with Crippen LogP contribution in [0.1, 0.15) is 24.2 Å². The molecule has 0 spiro atoms. The SMILES string of the molecule is CC(C)(F)COc1ccc2nccc(C(=O)NCC(=O)N3CSCC3C#N)c2c1. The molecule has 152 valence electrons. The number of rotatable bonds is 6. The molecule has 2 aromatic rings. The van der Waals surface area contributed by atoms with Gasteiger partial charge in [0.1, 0.15) is 24.1 Å². The number of nitriles is 1. The number of ether oxygens (including phenoxy) is 1. The molecule has 9 heteroatoms. The number of pyridine rings is 1. The first-order valence-electron chi connectivity index (χ1n) is 9.04. The number of nitrogens with zero attached hydrogens (tertiary/aromatic N) is 3. The van der Waals surface area contributed by atoms with Gasteiger partial charge in [-0.3, -0.25) is 14.6 Å². The number of nitrogens with one attached hydrogen (secondary N) is 1. The summed E-state index contributed by atoms with van der Waals surface area (Å²) >= 11 is 1.50. The summed E-state index contributed by atoms with van der Waals surface area (Å²) in [5.74, 6) is 0.698. The quantitative estimate of drug-likeness (QED) is 0.778. The van der Waals surface area contributed by atoms with Crippen LogP contribution in [0.15, 0.2) is 30.5 Å². The molecule has 1 fully saturated rings. The van der Waals surface area contributed by atoms with Gasteiger partial charge < -0.3 is 15.0 Å². The van der Waals surface area contributed by atoms with Crippen molar-refractivity contribution in [3.8, 4) is 11.8 Å². The van der Waals surface area contributed by atoms with Crippen molar-refractivity contribution < 1.29 is 18.7 Å². The Hall–Kier alpha value is -2.86. The van der Waals surface area contributed by atoms with Gasteiger partial charge in [0.05, 0.1) is 29.6 Å². The molecule has 1 aromatic carbocycles. The van der Waals surface area contributed by atoms with Crippen molar-refractivity contribution in [2.75, 3.05) is 24.8 Å². The van der Waals surface area contributed by atoms with E-state index in [1.165, 1.54) is 36.7 Å². The van der Waals surface area contributed by atoms with Crippen molar-refractivity contribution in [3.05, 3.63) is 36.0 Å². The van der Waals surface area contributed by atoms with Crippen molar-refractivity contribution in [2.45, 2.75) is 25.6 Å². The summed E-state index contributed by atoms with van der Waals surface area (Å²) in [7, 11) is 0. The molecule has 7 nitrogen and oxygen atoms in total. The maximum Gasteiger partial charge on any atom is 0.252 e. The largest absolute Gasteiger partial charge is 0.490 e. The third-order valence-corrected chi connectivity index (χ3v) is 5.30. The number of halogens is 1. The standard InChI is InChI=1S/C20H21FN4O3S/c1-20(2,21)11-28-14-3-4-17-16(7-14)15(5-6-23-17)19(27)24-9-18(26)25-12-29-10-13(25)8-22/h3-7,13H,9-12H2,1-2H3,(H,24,27). The molecule has 2 amide bonds. The molecule has 1 saturated heterocycles. The van der Waals surface area contributed by atoms with Crippen LogP contribution in [0.4, 0.5) is 4.39 Å². The molecule has 1 aliphatic rings. The van der Waals surface area contributed by atoms with Crippen molar-refractivity contribution in [2.24, 2.45) is 0 Å². The fourth-order valence-corrected chi connectivity index (χ4v) is 3.92. The van der Waals surface area contributed by atoms with E-state index in [9.17, 15) is 14.0 Å². The van der Waals surface area contributed by atoms with Gasteiger partial charge in [0, 0.05) is 17.3 Å². The van der Waals surface area contributed by atoms with Crippen molar-refractivity contribution >= 4 is 34.5 Å². The Bertz CT molecular complexity index is 970. The Morgan fingerprint density at radius 1 is 1.45 bits per heavy atom. The second-order valence-corrected chi connectivity index (χ2v) is 8.24. The van der Waals surface area contributed by atoms with Gasteiger partial charge in [0.2, 0.25) is 5.91 Å². The smallest absolute Gasteiger partial charge is 0.252 e. The molecule has 1 unspecified atom stereocenters. The highest BCUT2D eigenvalue weighted by molar-refractivity contribution is 7.99. The number of thioether (sulfide) groups is 1. The molecule has 0 aliphatic carbocycles. The number of hydrogen-bond acceptors (Lipinski definition) is 6. The van der Waals surface area contributed by atoms with E-state index in [1.807, 2.05) is 0 Å². The number of amides is 2.